The van der Waals surface area contributed by atoms with E-state index in [2.05, 4.69) is 22.9 Å². The molecule has 0 saturated carbocycles. The smallest absolute Gasteiger partial charge is 0.232 e. The normalized spacial score (nSPS) is 14.8. The van der Waals surface area contributed by atoms with Crippen LogP contribution in [0.25, 0.3) is 0 Å². The van der Waals surface area contributed by atoms with Crippen LogP contribution in [-0.2, 0) is 4.79 Å². The Labute approximate surface area is 93.3 Å². The van der Waals surface area contributed by atoms with Gasteiger partial charge in [0.2, 0.25) is 5.91 Å². The molecule has 1 aromatic rings. The first-order valence-corrected chi connectivity index (χ1v) is 5.86. The zero-order valence-corrected chi connectivity index (χ0v) is 9.94. The zero-order chi connectivity index (χ0) is 10.6. The minimum absolute atomic E-state index is 0.0308. The number of nitrogens with zero attached hydrogens (tertiary/aromatic N) is 1. The number of hydrogen-bond donors (Lipinski definition) is 2. The van der Waals surface area contributed by atoms with Gasteiger partial charge in [0.25, 0.3) is 0 Å². The van der Waals surface area contributed by atoms with Crippen molar-refractivity contribution in [3.05, 3.63) is 16.6 Å². The fourth-order valence-electron chi connectivity index (χ4n) is 0.967. The van der Waals surface area contributed by atoms with Crippen molar-refractivity contribution in [2.24, 2.45) is 0 Å². The van der Waals surface area contributed by atoms with E-state index in [9.17, 15) is 4.79 Å². The van der Waals surface area contributed by atoms with Crippen LogP contribution in [0.5, 0.6) is 0 Å². The number of carbonyl (C=O) groups is 1. The second-order valence-electron chi connectivity index (χ2n) is 3.19. The summed E-state index contributed by atoms with van der Waals surface area (Å²) in [5, 5.41) is 5.56. The summed E-state index contributed by atoms with van der Waals surface area (Å²) < 4.78 is 0. The Kier molecular flexibility index (Phi) is 4.41. The maximum atomic E-state index is 11.2. The van der Waals surface area contributed by atoms with Crippen molar-refractivity contribution in [1.82, 2.24) is 10.3 Å². The molecule has 0 aromatic carbocycles. The molecule has 1 aromatic heterocycles. The maximum Gasteiger partial charge on any atom is 0.232 e. The van der Waals surface area contributed by atoms with Crippen LogP contribution in [0, 0.1) is 0 Å². The van der Waals surface area contributed by atoms with Crippen LogP contribution < -0.4 is 5.32 Å². The van der Waals surface area contributed by atoms with Crippen molar-refractivity contribution < 1.29 is 4.79 Å². The molecule has 3 nitrogen and oxygen atoms in total. The quantitative estimate of drug-likeness (QED) is 0.773. The van der Waals surface area contributed by atoms with Crippen molar-refractivity contribution in [3.8, 4) is 0 Å². The highest BCUT2D eigenvalue weighted by Crippen LogP contribution is 2.16. The number of thiol groups is 1. The lowest BCUT2D eigenvalue weighted by Crippen LogP contribution is -2.32. The van der Waals surface area contributed by atoms with Crippen molar-refractivity contribution in [2.45, 2.75) is 25.0 Å². The highest BCUT2D eigenvalue weighted by atomic mass is 32.1. The molecule has 2 unspecified atom stereocenters. The standard InChI is InChI=1S/C9H14N2OS2/c1-6(9-10-3-4-14-9)5-11-8(12)7(2)13/h3-4,6-7,13H,5H2,1-2H3,(H,11,12). The predicted octanol–water partition coefficient (Wildman–Crippen LogP) is 1.68. The second kappa shape index (κ2) is 5.36. The average molecular weight is 230 g/mol. The molecule has 0 bridgehead atoms. The molecule has 14 heavy (non-hydrogen) atoms. The van der Waals surface area contributed by atoms with Gasteiger partial charge in [-0.15, -0.1) is 11.3 Å². The molecule has 1 amide bonds. The molecule has 78 valence electrons. The summed E-state index contributed by atoms with van der Waals surface area (Å²) in [5.74, 6) is 0.239. The Balaban J connectivity index is 2.36. The summed E-state index contributed by atoms with van der Waals surface area (Å²) >= 11 is 5.66. The molecular formula is C9H14N2OS2. The van der Waals surface area contributed by atoms with Gasteiger partial charge in [0.05, 0.1) is 10.3 Å². The third-order valence-electron chi connectivity index (χ3n) is 1.83. The number of thiazole rings is 1. The summed E-state index contributed by atoms with van der Waals surface area (Å²) in [4.78, 5) is 15.4. The Bertz CT molecular complexity index is 285. The third-order valence-corrected chi connectivity index (χ3v) is 3.08. The Morgan fingerprint density at radius 2 is 2.43 bits per heavy atom. The van der Waals surface area contributed by atoms with Crippen LogP contribution >= 0.6 is 24.0 Å². The van der Waals surface area contributed by atoms with E-state index in [0.717, 1.165) is 5.01 Å². The SMILES string of the molecule is CC(S)C(=O)NCC(C)c1nccs1. The largest absolute Gasteiger partial charge is 0.354 e. The molecule has 5 heteroatoms. The van der Waals surface area contributed by atoms with Crippen LogP contribution in [0.15, 0.2) is 11.6 Å². The molecule has 0 aliphatic carbocycles. The molecule has 1 rings (SSSR count). The minimum atomic E-state index is -0.251. The monoisotopic (exact) mass is 230 g/mol. The first-order chi connectivity index (χ1) is 6.61. The number of carbonyl (C=O) groups excluding carboxylic acids is 1. The van der Waals surface area contributed by atoms with E-state index in [1.54, 1.807) is 24.5 Å². The molecule has 0 aliphatic rings. The number of rotatable bonds is 4. The summed E-state index contributed by atoms with van der Waals surface area (Å²) in [6, 6.07) is 0. The van der Waals surface area contributed by atoms with Crippen LogP contribution in [0.4, 0.5) is 0 Å². The molecule has 0 fully saturated rings. The van der Waals surface area contributed by atoms with Gasteiger partial charge < -0.3 is 5.32 Å². The molecule has 0 aliphatic heterocycles. The van der Waals surface area contributed by atoms with E-state index >= 15 is 0 Å². The Morgan fingerprint density at radius 3 is 2.93 bits per heavy atom. The van der Waals surface area contributed by atoms with Gasteiger partial charge >= 0.3 is 0 Å². The lowest BCUT2D eigenvalue weighted by atomic mass is 10.2. The van der Waals surface area contributed by atoms with Crippen LogP contribution in [0.3, 0.4) is 0 Å². The van der Waals surface area contributed by atoms with E-state index < -0.39 is 0 Å². The summed E-state index contributed by atoms with van der Waals surface area (Å²) in [6.45, 7) is 4.42. The zero-order valence-electron chi connectivity index (χ0n) is 8.23. The summed E-state index contributed by atoms with van der Waals surface area (Å²) in [5.41, 5.74) is 0. The van der Waals surface area contributed by atoms with Crippen LogP contribution in [0.2, 0.25) is 0 Å². The van der Waals surface area contributed by atoms with Gasteiger partial charge in [-0.05, 0) is 6.92 Å². The lowest BCUT2D eigenvalue weighted by molar-refractivity contribution is -0.120. The van der Waals surface area contributed by atoms with E-state index in [0.29, 0.717) is 6.54 Å². The van der Waals surface area contributed by atoms with E-state index in [-0.39, 0.29) is 17.1 Å². The fraction of sp³-hybridized carbons (Fsp3) is 0.556. The molecule has 0 radical (unpaired) electrons. The van der Waals surface area contributed by atoms with Gasteiger partial charge in [-0.2, -0.15) is 12.6 Å². The van der Waals surface area contributed by atoms with Crippen molar-refractivity contribution in [2.75, 3.05) is 6.54 Å². The number of nitrogens with one attached hydrogen (secondary N) is 1. The molecule has 0 spiro atoms. The first-order valence-electron chi connectivity index (χ1n) is 4.46. The maximum absolute atomic E-state index is 11.2. The minimum Gasteiger partial charge on any atom is -0.354 e. The summed E-state index contributed by atoms with van der Waals surface area (Å²) in [7, 11) is 0. The van der Waals surface area contributed by atoms with Crippen LogP contribution in [0.1, 0.15) is 24.8 Å². The molecule has 1 heterocycles. The topological polar surface area (TPSA) is 42.0 Å². The van der Waals surface area contributed by atoms with Gasteiger partial charge in [0, 0.05) is 24.0 Å². The molecule has 1 N–H and O–H groups in total. The van der Waals surface area contributed by atoms with E-state index in [1.165, 1.54) is 0 Å². The fourth-order valence-corrected chi connectivity index (χ4v) is 1.76. The van der Waals surface area contributed by atoms with Gasteiger partial charge in [-0.25, -0.2) is 4.98 Å². The first kappa shape index (κ1) is 11.5. The van der Waals surface area contributed by atoms with Gasteiger partial charge in [0.15, 0.2) is 0 Å². The van der Waals surface area contributed by atoms with Gasteiger partial charge in [-0.3, -0.25) is 4.79 Å². The third kappa shape index (κ3) is 3.31. The average Bonchev–Trinajstić information content (AvgIpc) is 2.66. The van der Waals surface area contributed by atoms with Crippen molar-refractivity contribution in [3.63, 3.8) is 0 Å². The highest BCUT2D eigenvalue weighted by Gasteiger charge is 2.11. The second-order valence-corrected chi connectivity index (χ2v) is 4.89. The highest BCUT2D eigenvalue weighted by molar-refractivity contribution is 7.81. The summed E-state index contributed by atoms with van der Waals surface area (Å²) in [6.07, 6.45) is 1.78. The number of amides is 1. The molecular weight excluding hydrogens is 216 g/mol. The molecule has 2 atom stereocenters. The lowest BCUT2D eigenvalue weighted by Gasteiger charge is -2.11. The van der Waals surface area contributed by atoms with Gasteiger partial charge in [0.1, 0.15) is 0 Å². The Hall–Kier alpha value is -0.550. The number of aromatic nitrogens is 1. The van der Waals surface area contributed by atoms with E-state index in [4.69, 9.17) is 0 Å². The van der Waals surface area contributed by atoms with Crippen LogP contribution in [-0.4, -0.2) is 22.7 Å². The van der Waals surface area contributed by atoms with E-state index in [1.807, 2.05) is 12.3 Å². The van der Waals surface area contributed by atoms with Crippen molar-refractivity contribution >= 4 is 29.9 Å². The predicted molar refractivity (Wildman–Crippen MR) is 62.0 cm³/mol. The van der Waals surface area contributed by atoms with Crippen molar-refractivity contribution in [1.29, 1.82) is 0 Å². The Morgan fingerprint density at radius 1 is 1.71 bits per heavy atom. The van der Waals surface area contributed by atoms with Gasteiger partial charge in [-0.1, -0.05) is 6.92 Å². The molecule has 0 saturated heterocycles. The number of hydrogen-bond acceptors (Lipinski definition) is 4.